The Bertz CT molecular complexity index is 556. The molecule has 1 saturated heterocycles. The Balaban J connectivity index is 2.16. The first kappa shape index (κ1) is 12.0. The molecule has 0 N–H and O–H groups in total. The molecule has 1 aromatic rings. The molecule has 3 rings (SSSR count). The van der Waals surface area contributed by atoms with Gasteiger partial charge < -0.3 is 9.64 Å². The van der Waals surface area contributed by atoms with Gasteiger partial charge in [0.1, 0.15) is 6.17 Å². The normalized spacial score (nSPS) is 21.2. The third-order valence-electron chi connectivity index (χ3n) is 3.79. The van der Waals surface area contributed by atoms with E-state index in [1.54, 1.807) is 9.80 Å². The molecular weight excluding hydrogens is 244 g/mol. The highest BCUT2D eigenvalue weighted by molar-refractivity contribution is 6.07. The third-order valence-corrected chi connectivity index (χ3v) is 3.79. The second kappa shape index (κ2) is 4.26. The van der Waals surface area contributed by atoms with Crippen LogP contribution < -0.4 is 4.90 Å². The first-order chi connectivity index (χ1) is 9.13. The molecule has 2 amide bonds. The van der Waals surface area contributed by atoms with Crippen LogP contribution in [0, 0.1) is 6.92 Å². The van der Waals surface area contributed by atoms with E-state index in [9.17, 15) is 9.59 Å². The van der Waals surface area contributed by atoms with Crippen molar-refractivity contribution in [1.29, 1.82) is 0 Å². The topological polar surface area (TPSA) is 49.9 Å². The highest BCUT2D eigenvalue weighted by Gasteiger charge is 2.43. The highest BCUT2D eigenvalue weighted by Crippen LogP contribution is 2.36. The summed E-state index contributed by atoms with van der Waals surface area (Å²) in [4.78, 5) is 27.8. The molecule has 0 radical (unpaired) electrons. The van der Waals surface area contributed by atoms with E-state index < -0.39 is 6.09 Å². The number of anilines is 1. The lowest BCUT2D eigenvalue weighted by atomic mass is 10.0. The lowest BCUT2D eigenvalue weighted by Crippen LogP contribution is -2.54. The second-order valence-corrected chi connectivity index (χ2v) is 4.98. The summed E-state index contributed by atoms with van der Waals surface area (Å²) in [6.45, 7) is 2.64. The minimum Gasteiger partial charge on any atom is -0.452 e. The fourth-order valence-corrected chi connectivity index (χ4v) is 2.92. The van der Waals surface area contributed by atoms with E-state index in [2.05, 4.69) is 0 Å². The van der Waals surface area contributed by atoms with Crippen LogP contribution in [0.1, 0.15) is 28.8 Å². The third kappa shape index (κ3) is 1.69. The van der Waals surface area contributed by atoms with Crippen molar-refractivity contribution in [2.24, 2.45) is 0 Å². The number of carbonyl (C=O) groups is 2. The van der Waals surface area contributed by atoms with Crippen LogP contribution >= 0.6 is 0 Å². The van der Waals surface area contributed by atoms with Gasteiger partial charge in [-0.3, -0.25) is 9.69 Å². The maximum Gasteiger partial charge on any atom is 0.415 e. The molecule has 5 heteroatoms. The van der Waals surface area contributed by atoms with Crippen LogP contribution in [0.5, 0.6) is 0 Å². The molecule has 1 aromatic carbocycles. The second-order valence-electron chi connectivity index (χ2n) is 4.98. The van der Waals surface area contributed by atoms with Crippen LogP contribution in [-0.2, 0) is 4.74 Å². The minimum absolute atomic E-state index is 0.0151. The maximum absolute atomic E-state index is 12.5. The van der Waals surface area contributed by atoms with E-state index in [0.29, 0.717) is 17.8 Å². The minimum atomic E-state index is -0.408. The summed E-state index contributed by atoms with van der Waals surface area (Å²) in [6.07, 6.45) is 1.11. The number of aryl methyl sites for hydroxylation is 1. The largest absolute Gasteiger partial charge is 0.452 e. The van der Waals surface area contributed by atoms with E-state index in [1.165, 1.54) is 7.11 Å². The Morgan fingerprint density at radius 3 is 2.95 bits per heavy atom. The van der Waals surface area contributed by atoms with Crippen molar-refractivity contribution in [3.8, 4) is 0 Å². The molecule has 2 heterocycles. The number of nitrogens with zero attached hydrogens (tertiary/aromatic N) is 2. The zero-order valence-corrected chi connectivity index (χ0v) is 11.0. The van der Waals surface area contributed by atoms with Gasteiger partial charge in [-0.05, 0) is 31.9 Å². The standard InChI is InChI=1S/C14H16N2O3/c1-9-5-6-11-10(8-9)13(17)15-7-3-4-12(15)16(11)14(18)19-2/h5-6,8,12H,3-4,7H2,1-2H3. The van der Waals surface area contributed by atoms with Crippen molar-refractivity contribution >= 4 is 17.7 Å². The van der Waals surface area contributed by atoms with E-state index in [1.807, 2.05) is 25.1 Å². The SMILES string of the molecule is COC(=O)N1c2ccc(C)cc2C(=O)N2CCCC21. The Kier molecular flexibility index (Phi) is 2.69. The number of fused-ring (bicyclic) bond motifs is 2. The summed E-state index contributed by atoms with van der Waals surface area (Å²) < 4.78 is 4.87. The van der Waals surface area contributed by atoms with Crippen LogP contribution in [0.3, 0.4) is 0 Å². The van der Waals surface area contributed by atoms with Gasteiger partial charge in [-0.1, -0.05) is 11.6 Å². The van der Waals surface area contributed by atoms with Crippen LogP contribution in [0.2, 0.25) is 0 Å². The molecule has 1 atom stereocenters. The monoisotopic (exact) mass is 260 g/mol. The van der Waals surface area contributed by atoms with Gasteiger partial charge in [0.05, 0.1) is 18.4 Å². The van der Waals surface area contributed by atoms with Gasteiger partial charge in [0.15, 0.2) is 0 Å². The maximum atomic E-state index is 12.5. The number of carbonyl (C=O) groups excluding carboxylic acids is 2. The number of methoxy groups -OCH3 is 1. The summed E-state index contributed by atoms with van der Waals surface area (Å²) in [6, 6.07) is 5.57. The van der Waals surface area contributed by atoms with Gasteiger partial charge in [0, 0.05) is 6.54 Å². The zero-order chi connectivity index (χ0) is 13.6. The number of rotatable bonds is 0. The summed E-state index contributed by atoms with van der Waals surface area (Å²) in [7, 11) is 1.37. The molecule has 0 spiro atoms. The average molecular weight is 260 g/mol. The number of hydrogen-bond acceptors (Lipinski definition) is 3. The van der Waals surface area contributed by atoms with Gasteiger partial charge >= 0.3 is 6.09 Å². The molecule has 0 aliphatic carbocycles. The predicted octanol–water partition coefficient (Wildman–Crippen LogP) is 2.14. The van der Waals surface area contributed by atoms with Gasteiger partial charge in [0.2, 0.25) is 0 Å². The molecule has 0 aromatic heterocycles. The van der Waals surface area contributed by atoms with E-state index in [0.717, 1.165) is 18.4 Å². The van der Waals surface area contributed by atoms with Crippen molar-refractivity contribution in [3.63, 3.8) is 0 Å². The molecular formula is C14H16N2O3. The predicted molar refractivity (Wildman–Crippen MR) is 70.1 cm³/mol. The Morgan fingerprint density at radius 2 is 2.21 bits per heavy atom. The van der Waals surface area contributed by atoms with Gasteiger partial charge in [0.25, 0.3) is 5.91 Å². The fraction of sp³-hybridized carbons (Fsp3) is 0.429. The quantitative estimate of drug-likeness (QED) is 0.718. The number of amides is 2. The van der Waals surface area contributed by atoms with Crippen molar-refractivity contribution in [3.05, 3.63) is 29.3 Å². The molecule has 1 unspecified atom stereocenters. The lowest BCUT2D eigenvalue weighted by Gasteiger charge is -2.39. The number of ether oxygens (including phenoxy) is 1. The van der Waals surface area contributed by atoms with Crippen LogP contribution in [0.4, 0.5) is 10.5 Å². The van der Waals surface area contributed by atoms with Gasteiger partial charge in [-0.2, -0.15) is 0 Å². The molecule has 0 saturated carbocycles. The van der Waals surface area contributed by atoms with E-state index >= 15 is 0 Å². The molecule has 100 valence electrons. The number of benzene rings is 1. The molecule has 1 fully saturated rings. The average Bonchev–Trinajstić information content (AvgIpc) is 2.88. The smallest absolute Gasteiger partial charge is 0.415 e. The van der Waals surface area contributed by atoms with Crippen molar-refractivity contribution in [2.45, 2.75) is 25.9 Å². The van der Waals surface area contributed by atoms with Gasteiger partial charge in [-0.25, -0.2) is 4.79 Å². The number of hydrogen-bond donors (Lipinski definition) is 0. The van der Waals surface area contributed by atoms with Crippen LogP contribution in [0.15, 0.2) is 18.2 Å². The van der Waals surface area contributed by atoms with Crippen LogP contribution in [-0.4, -0.2) is 36.7 Å². The van der Waals surface area contributed by atoms with E-state index in [-0.39, 0.29) is 12.1 Å². The van der Waals surface area contributed by atoms with Gasteiger partial charge in [-0.15, -0.1) is 0 Å². The van der Waals surface area contributed by atoms with Crippen molar-refractivity contribution in [1.82, 2.24) is 4.90 Å². The molecule has 5 nitrogen and oxygen atoms in total. The van der Waals surface area contributed by atoms with E-state index in [4.69, 9.17) is 4.74 Å². The first-order valence-electron chi connectivity index (χ1n) is 6.42. The van der Waals surface area contributed by atoms with Crippen molar-refractivity contribution < 1.29 is 14.3 Å². The summed E-state index contributed by atoms with van der Waals surface area (Å²) >= 11 is 0. The molecule has 19 heavy (non-hydrogen) atoms. The van der Waals surface area contributed by atoms with Crippen LogP contribution in [0.25, 0.3) is 0 Å². The fourth-order valence-electron chi connectivity index (χ4n) is 2.92. The lowest BCUT2D eigenvalue weighted by molar-refractivity contribution is 0.0711. The summed E-state index contributed by atoms with van der Waals surface area (Å²) in [5, 5.41) is 0. The molecule has 0 bridgehead atoms. The summed E-state index contributed by atoms with van der Waals surface area (Å²) in [5.41, 5.74) is 2.25. The first-order valence-corrected chi connectivity index (χ1v) is 6.42. The highest BCUT2D eigenvalue weighted by atomic mass is 16.5. The Hall–Kier alpha value is -2.04. The molecule has 2 aliphatic heterocycles. The Labute approximate surface area is 111 Å². The zero-order valence-electron chi connectivity index (χ0n) is 11.0. The Morgan fingerprint density at radius 1 is 1.42 bits per heavy atom. The van der Waals surface area contributed by atoms with Crippen molar-refractivity contribution in [2.75, 3.05) is 18.6 Å². The molecule has 2 aliphatic rings. The summed E-state index contributed by atoms with van der Waals surface area (Å²) in [5.74, 6) is 0.0151.